The van der Waals surface area contributed by atoms with Crippen molar-refractivity contribution in [1.82, 2.24) is 0 Å². The van der Waals surface area contributed by atoms with Gasteiger partial charge in [-0.25, -0.2) is 9.88 Å². The van der Waals surface area contributed by atoms with Gasteiger partial charge in [0.2, 0.25) is 5.91 Å². The topological polar surface area (TPSA) is 59.2 Å². The molecule has 0 spiro atoms. The lowest BCUT2D eigenvalue weighted by molar-refractivity contribution is -0.915. The number of nitrogens with one attached hydrogen (secondary N) is 2. The van der Waals surface area contributed by atoms with Gasteiger partial charge in [0, 0.05) is 6.07 Å². The number of hydrogen-bond donors (Lipinski definition) is 1. The molecule has 0 saturated carbocycles. The van der Waals surface area contributed by atoms with Crippen LogP contribution in [-0.2, 0) is 15.8 Å². The number of pyridine rings is 1. The molecule has 2 fully saturated rings. The highest BCUT2D eigenvalue weighted by Gasteiger charge is 2.47. The van der Waals surface area contributed by atoms with E-state index < -0.39 is 17.8 Å². The van der Waals surface area contributed by atoms with E-state index >= 15 is 0 Å². The number of quaternary nitrogens is 1. The molecule has 0 radical (unpaired) electrons. The van der Waals surface area contributed by atoms with E-state index in [0.29, 0.717) is 13.1 Å². The summed E-state index contributed by atoms with van der Waals surface area (Å²) < 4.78 is 38.3. The summed E-state index contributed by atoms with van der Waals surface area (Å²) in [5.41, 5.74) is -0.621. The molecule has 0 unspecified atom stereocenters. The zero-order valence-corrected chi connectivity index (χ0v) is 15.6. The first kappa shape index (κ1) is 19.4. The van der Waals surface area contributed by atoms with Crippen LogP contribution in [0, 0.1) is 0 Å². The molecule has 1 aromatic heterocycles. The molecule has 2 aliphatic rings. The van der Waals surface area contributed by atoms with Crippen molar-refractivity contribution in [1.29, 1.82) is 0 Å². The van der Waals surface area contributed by atoms with E-state index in [9.17, 15) is 22.8 Å². The van der Waals surface area contributed by atoms with Gasteiger partial charge in [-0.15, -0.1) is 0 Å². The molecule has 0 aliphatic carbocycles. The van der Waals surface area contributed by atoms with Gasteiger partial charge in [-0.2, -0.15) is 13.2 Å². The Morgan fingerprint density at radius 2 is 1.69 bits per heavy atom. The summed E-state index contributed by atoms with van der Waals surface area (Å²) in [4.78, 5) is 32.8. The summed E-state index contributed by atoms with van der Waals surface area (Å²) >= 11 is 0. The number of carbonyl (C=O) groups excluding carboxylic acids is 2. The fraction of sp³-hybridized carbons (Fsp3) is 0.350. The summed E-state index contributed by atoms with van der Waals surface area (Å²) in [6, 6.07) is 9.50. The van der Waals surface area contributed by atoms with Crippen LogP contribution in [0.4, 0.5) is 24.7 Å². The molecular weight excluding hydrogens is 385 g/mol. The van der Waals surface area contributed by atoms with Crippen LogP contribution in [0.15, 0.2) is 48.7 Å². The number of carbonyl (C=O) groups is 2. The number of aromatic nitrogens is 1. The van der Waals surface area contributed by atoms with Gasteiger partial charge in [-0.1, -0.05) is 6.07 Å². The number of piperazine rings is 1. The Balaban J connectivity index is 1.44. The fourth-order valence-electron chi connectivity index (χ4n) is 3.99. The second-order valence-corrected chi connectivity index (χ2v) is 7.26. The Kier molecular flexibility index (Phi) is 4.99. The SMILES string of the molecule is O=C1C[C@@H]([NH+]2CCN(c3cccc[nH+]3)CC2)C(=O)N1c1ccc(C(F)(F)F)cc1. The van der Waals surface area contributed by atoms with E-state index in [1.165, 1.54) is 12.1 Å². The molecule has 2 aromatic rings. The Morgan fingerprint density at radius 3 is 2.28 bits per heavy atom. The number of amides is 2. The van der Waals surface area contributed by atoms with Crippen molar-refractivity contribution in [3.8, 4) is 0 Å². The monoisotopic (exact) mass is 406 g/mol. The Labute approximate surface area is 165 Å². The normalized spacial score (nSPS) is 21.1. The van der Waals surface area contributed by atoms with Gasteiger partial charge in [-0.3, -0.25) is 14.5 Å². The molecule has 1 aromatic carbocycles. The van der Waals surface area contributed by atoms with Crippen LogP contribution in [0.25, 0.3) is 0 Å². The second-order valence-electron chi connectivity index (χ2n) is 7.26. The van der Waals surface area contributed by atoms with Crippen molar-refractivity contribution in [3.05, 3.63) is 54.2 Å². The lowest BCUT2D eigenvalue weighted by Crippen LogP contribution is -3.19. The number of rotatable bonds is 3. The summed E-state index contributed by atoms with van der Waals surface area (Å²) in [7, 11) is 0. The van der Waals surface area contributed by atoms with Gasteiger partial charge in [0.15, 0.2) is 6.04 Å². The third-order valence-electron chi connectivity index (χ3n) is 5.53. The molecule has 2 N–H and O–H groups in total. The highest BCUT2D eigenvalue weighted by molar-refractivity contribution is 6.21. The van der Waals surface area contributed by atoms with Crippen LogP contribution in [0.2, 0.25) is 0 Å². The maximum atomic E-state index is 12.9. The summed E-state index contributed by atoms with van der Waals surface area (Å²) in [5.74, 6) is 0.294. The number of halogens is 3. The van der Waals surface area contributed by atoms with Crippen LogP contribution in [-0.4, -0.2) is 44.0 Å². The molecule has 2 aliphatic heterocycles. The average molecular weight is 406 g/mol. The van der Waals surface area contributed by atoms with Crippen LogP contribution in [0.3, 0.4) is 0 Å². The highest BCUT2D eigenvalue weighted by atomic mass is 19.4. The third-order valence-corrected chi connectivity index (χ3v) is 5.53. The number of alkyl halides is 3. The van der Waals surface area contributed by atoms with Gasteiger partial charge in [0.05, 0.1) is 23.9 Å². The maximum absolute atomic E-state index is 12.9. The number of H-pyrrole nitrogens is 1. The first-order valence-corrected chi connectivity index (χ1v) is 9.45. The predicted molar refractivity (Wildman–Crippen MR) is 98.2 cm³/mol. The van der Waals surface area contributed by atoms with Crippen molar-refractivity contribution < 1.29 is 32.6 Å². The fourth-order valence-corrected chi connectivity index (χ4v) is 3.99. The van der Waals surface area contributed by atoms with Crippen LogP contribution in [0.1, 0.15) is 12.0 Å². The van der Waals surface area contributed by atoms with Crippen molar-refractivity contribution >= 4 is 23.3 Å². The number of anilines is 2. The minimum Gasteiger partial charge on any atom is -0.318 e. The van der Waals surface area contributed by atoms with E-state index in [1.54, 1.807) is 0 Å². The van der Waals surface area contributed by atoms with E-state index in [-0.39, 0.29) is 23.9 Å². The van der Waals surface area contributed by atoms with Crippen molar-refractivity contribution in [2.24, 2.45) is 0 Å². The third kappa shape index (κ3) is 3.82. The van der Waals surface area contributed by atoms with E-state index in [1.807, 2.05) is 24.4 Å². The van der Waals surface area contributed by atoms with Gasteiger partial charge in [-0.05, 0) is 30.3 Å². The molecule has 9 heteroatoms. The Morgan fingerprint density at radius 1 is 1.00 bits per heavy atom. The molecule has 2 amide bonds. The molecule has 29 heavy (non-hydrogen) atoms. The Hall–Kier alpha value is -2.94. The molecule has 152 valence electrons. The molecular formula is C20H21F3N4O2+2. The molecule has 1 atom stereocenters. The van der Waals surface area contributed by atoms with E-state index in [2.05, 4.69) is 9.88 Å². The summed E-state index contributed by atoms with van der Waals surface area (Å²) in [5, 5.41) is 0. The zero-order chi connectivity index (χ0) is 20.6. The van der Waals surface area contributed by atoms with Crippen LogP contribution < -0.4 is 19.7 Å². The van der Waals surface area contributed by atoms with Gasteiger partial charge >= 0.3 is 6.18 Å². The number of aromatic amines is 1. The van der Waals surface area contributed by atoms with Crippen molar-refractivity contribution in [2.45, 2.75) is 18.6 Å². The lowest BCUT2D eigenvalue weighted by Gasteiger charge is -2.31. The second kappa shape index (κ2) is 7.47. The number of hydrogen-bond acceptors (Lipinski definition) is 3. The average Bonchev–Trinajstić information content (AvgIpc) is 3.02. The molecule has 4 rings (SSSR count). The lowest BCUT2D eigenvalue weighted by atomic mass is 10.1. The van der Waals surface area contributed by atoms with Crippen LogP contribution >= 0.6 is 0 Å². The quantitative estimate of drug-likeness (QED) is 0.758. The number of nitrogens with zero attached hydrogens (tertiary/aromatic N) is 2. The number of benzene rings is 1. The first-order chi connectivity index (χ1) is 13.8. The maximum Gasteiger partial charge on any atom is 0.416 e. The number of imide groups is 1. The summed E-state index contributed by atoms with van der Waals surface area (Å²) in [6.07, 6.45) is -2.53. The smallest absolute Gasteiger partial charge is 0.318 e. The van der Waals surface area contributed by atoms with E-state index in [0.717, 1.165) is 40.8 Å². The highest BCUT2D eigenvalue weighted by Crippen LogP contribution is 2.31. The molecule has 2 saturated heterocycles. The largest absolute Gasteiger partial charge is 0.416 e. The summed E-state index contributed by atoms with van der Waals surface area (Å²) in [6.45, 7) is 2.89. The molecule has 0 bridgehead atoms. The minimum absolute atomic E-state index is 0.0760. The molecule has 3 heterocycles. The van der Waals surface area contributed by atoms with Gasteiger partial charge < -0.3 is 4.90 Å². The van der Waals surface area contributed by atoms with E-state index in [4.69, 9.17) is 0 Å². The van der Waals surface area contributed by atoms with Gasteiger partial charge in [0.25, 0.3) is 11.7 Å². The van der Waals surface area contributed by atoms with Crippen molar-refractivity contribution in [3.63, 3.8) is 0 Å². The Bertz CT molecular complexity index is 894. The van der Waals surface area contributed by atoms with Crippen LogP contribution in [0.5, 0.6) is 0 Å². The standard InChI is InChI=1S/C20H19F3N4O2/c21-20(22,23)14-4-6-15(7-5-14)27-18(28)13-16(19(27)29)25-9-11-26(12-10-25)17-3-1-2-8-24-17/h1-8,16H,9-13H2/p+2/t16-/m1/s1. The zero-order valence-electron chi connectivity index (χ0n) is 15.6. The minimum atomic E-state index is -4.46. The predicted octanol–water partition coefficient (Wildman–Crippen LogP) is 0.557. The van der Waals surface area contributed by atoms with Crippen molar-refractivity contribution in [2.75, 3.05) is 36.0 Å². The van der Waals surface area contributed by atoms with Gasteiger partial charge in [0.1, 0.15) is 26.2 Å². The first-order valence-electron chi connectivity index (χ1n) is 9.45. The molecule has 6 nitrogen and oxygen atoms in total.